The molecule has 146 valence electrons. The van der Waals surface area contributed by atoms with Gasteiger partial charge >= 0.3 is 0 Å². The second kappa shape index (κ2) is 6.93. The SMILES string of the molecule is Cc1ccc(-c2csc(C3=C(O)CN(c4ccc5c(c4)OCCO5)C3=N)n2)cc1. The summed E-state index contributed by atoms with van der Waals surface area (Å²) in [7, 11) is 0. The second-order valence-corrected chi connectivity index (χ2v) is 7.85. The van der Waals surface area contributed by atoms with E-state index in [2.05, 4.69) is 4.98 Å². The topological polar surface area (TPSA) is 78.7 Å². The highest BCUT2D eigenvalue weighted by molar-refractivity contribution is 7.11. The number of aliphatic hydroxyl groups excluding tert-OH is 1. The molecule has 0 radical (unpaired) electrons. The predicted octanol–water partition coefficient (Wildman–Crippen LogP) is 4.66. The fourth-order valence-corrected chi connectivity index (χ4v) is 4.37. The van der Waals surface area contributed by atoms with Crippen LogP contribution in [0.25, 0.3) is 16.8 Å². The van der Waals surface area contributed by atoms with Crippen molar-refractivity contribution in [3.05, 3.63) is 64.2 Å². The Morgan fingerprint density at radius 1 is 1.07 bits per heavy atom. The van der Waals surface area contributed by atoms with Gasteiger partial charge in [-0.15, -0.1) is 11.3 Å². The molecule has 0 aliphatic carbocycles. The number of anilines is 1. The van der Waals surface area contributed by atoms with Gasteiger partial charge in [0.25, 0.3) is 0 Å². The van der Waals surface area contributed by atoms with Gasteiger partial charge in [0.05, 0.1) is 17.8 Å². The molecule has 2 aliphatic rings. The van der Waals surface area contributed by atoms with Crippen LogP contribution in [0.4, 0.5) is 5.69 Å². The maximum atomic E-state index is 10.6. The number of nitrogens with zero attached hydrogens (tertiary/aromatic N) is 2. The molecule has 0 unspecified atom stereocenters. The van der Waals surface area contributed by atoms with E-state index in [1.807, 2.05) is 54.8 Å². The highest BCUT2D eigenvalue weighted by atomic mass is 32.1. The molecule has 1 aromatic heterocycles. The molecule has 0 saturated heterocycles. The zero-order valence-corrected chi connectivity index (χ0v) is 16.6. The van der Waals surface area contributed by atoms with Gasteiger partial charge in [0, 0.05) is 22.7 Å². The molecule has 0 amide bonds. The summed E-state index contributed by atoms with van der Waals surface area (Å²) < 4.78 is 11.2. The van der Waals surface area contributed by atoms with E-state index < -0.39 is 0 Å². The Labute approximate surface area is 172 Å². The van der Waals surface area contributed by atoms with Crippen molar-refractivity contribution in [1.82, 2.24) is 4.98 Å². The van der Waals surface area contributed by atoms with Crippen molar-refractivity contribution in [1.29, 1.82) is 5.41 Å². The first-order valence-corrected chi connectivity index (χ1v) is 10.2. The van der Waals surface area contributed by atoms with Crippen LogP contribution in [0, 0.1) is 12.3 Å². The van der Waals surface area contributed by atoms with Crippen molar-refractivity contribution in [3.8, 4) is 22.8 Å². The molecule has 29 heavy (non-hydrogen) atoms. The fourth-order valence-electron chi connectivity index (χ4n) is 3.47. The minimum Gasteiger partial charge on any atom is -0.510 e. The molecule has 2 aromatic carbocycles. The van der Waals surface area contributed by atoms with Crippen LogP contribution in [-0.2, 0) is 0 Å². The van der Waals surface area contributed by atoms with E-state index >= 15 is 0 Å². The molecule has 3 aromatic rings. The van der Waals surface area contributed by atoms with Gasteiger partial charge in [-0.2, -0.15) is 0 Å². The van der Waals surface area contributed by atoms with Gasteiger partial charge in [-0.1, -0.05) is 29.8 Å². The Bertz CT molecular complexity index is 1130. The van der Waals surface area contributed by atoms with Crippen LogP contribution >= 0.6 is 11.3 Å². The zero-order valence-electron chi connectivity index (χ0n) is 15.8. The number of aliphatic hydroxyl groups is 1. The van der Waals surface area contributed by atoms with E-state index in [0.29, 0.717) is 35.3 Å². The van der Waals surface area contributed by atoms with Crippen molar-refractivity contribution in [2.45, 2.75) is 6.92 Å². The number of amidine groups is 1. The lowest BCUT2D eigenvalue weighted by molar-refractivity contribution is 0.171. The standard InChI is InChI=1S/C22H19N3O3S/c1-13-2-4-14(5-3-13)16-12-29-22(24-16)20-17(26)11-25(21(20)23)15-6-7-18-19(10-15)28-9-8-27-18/h2-7,10,12,23,26H,8-9,11H2,1H3. The van der Waals surface area contributed by atoms with Crippen LogP contribution in [0.1, 0.15) is 10.6 Å². The summed E-state index contributed by atoms with van der Waals surface area (Å²) >= 11 is 1.43. The summed E-state index contributed by atoms with van der Waals surface area (Å²) in [6.07, 6.45) is 0. The van der Waals surface area contributed by atoms with Crippen molar-refractivity contribution >= 4 is 28.4 Å². The van der Waals surface area contributed by atoms with Gasteiger partial charge in [0.2, 0.25) is 0 Å². The minimum absolute atomic E-state index is 0.148. The summed E-state index contributed by atoms with van der Waals surface area (Å²) in [5.41, 5.74) is 4.30. The number of benzene rings is 2. The van der Waals surface area contributed by atoms with Crippen LogP contribution < -0.4 is 14.4 Å². The number of rotatable bonds is 3. The summed E-state index contributed by atoms with van der Waals surface area (Å²) in [5, 5.41) is 21.9. The van der Waals surface area contributed by atoms with Crippen LogP contribution in [0.5, 0.6) is 11.5 Å². The number of ether oxygens (including phenoxy) is 2. The van der Waals surface area contributed by atoms with Crippen molar-refractivity contribution in [2.24, 2.45) is 0 Å². The first-order valence-electron chi connectivity index (χ1n) is 9.31. The molecule has 2 N–H and O–H groups in total. The van der Waals surface area contributed by atoms with E-state index in [-0.39, 0.29) is 18.1 Å². The van der Waals surface area contributed by atoms with E-state index in [4.69, 9.17) is 14.9 Å². The summed E-state index contributed by atoms with van der Waals surface area (Å²) in [6.45, 7) is 3.31. The number of hydrogen-bond donors (Lipinski definition) is 2. The quantitative estimate of drug-likeness (QED) is 0.663. The monoisotopic (exact) mass is 405 g/mol. The molecule has 2 aliphatic heterocycles. The van der Waals surface area contributed by atoms with Crippen molar-refractivity contribution in [3.63, 3.8) is 0 Å². The predicted molar refractivity (Wildman–Crippen MR) is 114 cm³/mol. The maximum Gasteiger partial charge on any atom is 0.163 e. The average Bonchev–Trinajstić information content (AvgIpc) is 3.32. The molecule has 3 heterocycles. The van der Waals surface area contributed by atoms with E-state index in [1.165, 1.54) is 16.9 Å². The number of thiazole rings is 1. The van der Waals surface area contributed by atoms with Gasteiger partial charge in [-0.05, 0) is 19.1 Å². The van der Waals surface area contributed by atoms with Crippen LogP contribution in [0.2, 0.25) is 0 Å². The molecular weight excluding hydrogens is 386 g/mol. The first-order chi connectivity index (χ1) is 14.1. The smallest absolute Gasteiger partial charge is 0.163 e. The maximum absolute atomic E-state index is 10.6. The summed E-state index contributed by atoms with van der Waals surface area (Å²) in [5.74, 6) is 1.73. The average molecular weight is 405 g/mol. The Balaban J connectivity index is 1.43. The molecule has 5 rings (SSSR count). The lowest BCUT2D eigenvalue weighted by Crippen LogP contribution is -2.26. The molecule has 0 fully saturated rings. The number of aromatic nitrogens is 1. The third-order valence-electron chi connectivity index (χ3n) is 5.01. The van der Waals surface area contributed by atoms with Gasteiger partial charge in [0.15, 0.2) is 11.5 Å². The van der Waals surface area contributed by atoms with Gasteiger partial charge in [-0.25, -0.2) is 4.98 Å². The van der Waals surface area contributed by atoms with E-state index in [9.17, 15) is 5.11 Å². The number of nitrogens with one attached hydrogen (secondary N) is 1. The highest BCUT2D eigenvalue weighted by Gasteiger charge is 2.32. The number of fused-ring (bicyclic) bond motifs is 1. The Morgan fingerprint density at radius 2 is 1.83 bits per heavy atom. The molecule has 0 spiro atoms. The number of hydrogen-bond acceptors (Lipinski definition) is 6. The molecule has 7 heteroatoms. The minimum atomic E-state index is 0.148. The second-order valence-electron chi connectivity index (χ2n) is 6.99. The molecule has 0 saturated carbocycles. The van der Waals surface area contributed by atoms with E-state index in [0.717, 1.165) is 16.9 Å². The van der Waals surface area contributed by atoms with Gasteiger partial charge < -0.3 is 19.5 Å². The van der Waals surface area contributed by atoms with Crippen LogP contribution in [-0.4, -0.2) is 35.7 Å². The normalized spacial score (nSPS) is 15.9. The Kier molecular flexibility index (Phi) is 4.24. The van der Waals surface area contributed by atoms with Crippen molar-refractivity contribution < 1.29 is 14.6 Å². The summed E-state index contributed by atoms with van der Waals surface area (Å²) in [4.78, 5) is 6.43. The van der Waals surface area contributed by atoms with Crippen LogP contribution in [0.3, 0.4) is 0 Å². The number of aryl methyl sites for hydroxylation is 1. The van der Waals surface area contributed by atoms with Gasteiger partial charge in [0.1, 0.15) is 29.8 Å². The first kappa shape index (κ1) is 17.8. The van der Waals surface area contributed by atoms with Gasteiger partial charge in [-0.3, -0.25) is 5.41 Å². The Morgan fingerprint density at radius 3 is 2.62 bits per heavy atom. The third kappa shape index (κ3) is 3.13. The molecule has 0 atom stereocenters. The highest BCUT2D eigenvalue weighted by Crippen LogP contribution is 2.38. The Hall–Kier alpha value is -3.32. The lowest BCUT2D eigenvalue weighted by atomic mass is 10.1. The van der Waals surface area contributed by atoms with Crippen molar-refractivity contribution in [2.75, 3.05) is 24.7 Å². The largest absolute Gasteiger partial charge is 0.510 e. The molecular formula is C22H19N3O3S. The zero-order chi connectivity index (χ0) is 20.0. The molecule has 0 bridgehead atoms. The third-order valence-corrected chi connectivity index (χ3v) is 5.87. The molecule has 6 nitrogen and oxygen atoms in total. The fraction of sp³-hybridized carbons (Fsp3) is 0.182. The summed E-state index contributed by atoms with van der Waals surface area (Å²) in [6, 6.07) is 13.7. The van der Waals surface area contributed by atoms with Crippen LogP contribution in [0.15, 0.2) is 53.6 Å². The lowest BCUT2D eigenvalue weighted by Gasteiger charge is -2.23. The van der Waals surface area contributed by atoms with E-state index in [1.54, 1.807) is 4.90 Å².